The van der Waals surface area contributed by atoms with Crippen molar-refractivity contribution in [1.82, 2.24) is 10.6 Å². The van der Waals surface area contributed by atoms with Crippen LogP contribution in [0.4, 0.5) is 18.0 Å². The predicted molar refractivity (Wildman–Crippen MR) is 78.3 cm³/mol. The summed E-state index contributed by atoms with van der Waals surface area (Å²) in [5.74, 6) is 0. The summed E-state index contributed by atoms with van der Waals surface area (Å²) in [6.45, 7) is 2.82. The van der Waals surface area contributed by atoms with Gasteiger partial charge in [-0.2, -0.15) is 13.2 Å². The molecule has 122 valence electrons. The van der Waals surface area contributed by atoms with Crippen LogP contribution in [-0.2, 0) is 12.7 Å². The minimum Gasteiger partial charge on any atom is -0.338 e. The molecule has 1 fully saturated rings. The van der Waals surface area contributed by atoms with E-state index in [1.807, 2.05) is 0 Å². The molecule has 1 aromatic carbocycles. The van der Waals surface area contributed by atoms with E-state index in [0.29, 0.717) is 12.1 Å². The highest BCUT2D eigenvalue weighted by molar-refractivity contribution is 5.73. The van der Waals surface area contributed by atoms with Crippen LogP contribution in [0.2, 0.25) is 0 Å². The number of carbonyl (C=O) groups is 1. The van der Waals surface area contributed by atoms with Crippen LogP contribution in [-0.4, -0.2) is 12.6 Å². The van der Waals surface area contributed by atoms with Crippen molar-refractivity contribution in [2.45, 2.75) is 45.3 Å². The highest BCUT2D eigenvalue weighted by atomic mass is 19.4. The van der Waals surface area contributed by atoms with Crippen molar-refractivity contribution in [3.8, 4) is 0 Å². The van der Waals surface area contributed by atoms with Crippen molar-refractivity contribution in [3.63, 3.8) is 0 Å². The molecule has 0 radical (unpaired) electrons. The van der Waals surface area contributed by atoms with Crippen molar-refractivity contribution in [2.24, 2.45) is 5.41 Å². The lowest BCUT2D eigenvalue weighted by Crippen LogP contribution is -2.40. The van der Waals surface area contributed by atoms with E-state index in [4.69, 9.17) is 0 Å². The van der Waals surface area contributed by atoms with Gasteiger partial charge in [-0.05, 0) is 36.0 Å². The first-order valence-electron chi connectivity index (χ1n) is 7.46. The van der Waals surface area contributed by atoms with E-state index in [1.54, 1.807) is 6.07 Å². The minimum absolute atomic E-state index is 0.0759. The summed E-state index contributed by atoms with van der Waals surface area (Å²) >= 11 is 0. The number of carbonyl (C=O) groups excluding carboxylic acids is 1. The molecule has 0 spiro atoms. The molecule has 0 bridgehead atoms. The molecule has 0 unspecified atom stereocenters. The minimum atomic E-state index is -4.37. The summed E-state index contributed by atoms with van der Waals surface area (Å²) in [4.78, 5) is 11.8. The van der Waals surface area contributed by atoms with E-state index >= 15 is 0 Å². The topological polar surface area (TPSA) is 41.1 Å². The quantitative estimate of drug-likeness (QED) is 0.863. The Morgan fingerprint density at radius 2 is 1.91 bits per heavy atom. The standard InChI is InChI=1S/C16H21F3N2O/c1-15(7-2-3-8-15)11-21-14(22)20-10-12-5-4-6-13(9-12)16(17,18)19/h4-6,9H,2-3,7-8,10-11H2,1H3,(H2,20,21,22). The Kier molecular flexibility index (Phi) is 4.98. The summed E-state index contributed by atoms with van der Waals surface area (Å²) in [6.07, 6.45) is 0.200. The molecule has 0 aliphatic heterocycles. The highest BCUT2D eigenvalue weighted by Crippen LogP contribution is 2.36. The average molecular weight is 314 g/mol. The molecule has 1 saturated carbocycles. The van der Waals surface area contributed by atoms with Crippen LogP contribution >= 0.6 is 0 Å². The third-order valence-electron chi connectivity index (χ3n) is 4.19. The van der Waals surface area contributed by atoms with Gasteiger partial charge in [0, 0.05) is 13.1 Å². The highest BCUT2D eigenvalue weighted by Gasteiger charge is 2.30. The van der Waals surface area contributed by atoms with Crippen LogP contribution in [0.3, 0.4) is 0 Å². The molecule has 2 N–H and O–H groups in total. The first kappa shape index (κ1) is 16.6. The molecular weight excluding hydrogens is 293 g/mol. The Morgan fingerprint density at radius 1 is 1.23 bits per heavy atom. The van der Waals surface area contributed by atoms with Gasteiger partial charge in [0.2, 0.25) is 0 Å². The number of urea groups is 1. The third kappa shape index (κ3) is 4.64. The largest absolute Gasteiger partial charge is 0.416 e. The van der Waals surface area contributed by atoms with Gasteiger partial charge in [0.25, 0.3) is 0 Å². The fourth-order valence-corrected chi connectivity index (χ4v) is 2.80. The number of benzene rings is 1. The van der Waals surface area contributed by atoms with Crippen LogP contribution in [0.1, 0.15) is 43.7 Å². The van der Waals surface area contributed by atoms with Crippen LogP contribution in [0.5, 0.6) is 0 Å². The van der Waals surface area contributed by atoms with Gasteiger partial charge < -0.3 is 10.6 Å². The summed E-state index contributed by atoms with van der Waals surface area (Å²) < 4.78 is 37.8. The molecule has 1 aliphatic carbocycles. The normalized spacial score (nSPS) is 17.3. The predicted octanol–water partition coefficient (Wildman–Crippen LogP) is 4.08. The third-order valence-corrected chi connectivity index (χ3v) is 4.19. The Bertz CT molecular complexity index is 522. The number of hydrogen-bond acceptors (Lipinski definition) is 1. The number of rotatable bonds is 4. The van der Waals surface area contributed by atoms with Crippen LogP contribution < -0.4 is 10.6 Å². The second-order valence-electron chi connectivity index (χ2n) is 6.25. The molecular formula is C16H21F3N2O. The van der Waals surface area contributed by atoms with E-state index < -0.39 is 11.7 Å². The Morgan fingerprint density at radius 3 is 2.55 bits per heavy atom. The fourth-order valence-electron chi connectivity index (χ4n) is 2.80. The van der Waals surface area contributed by atoms with Crippen molar-refractivity contribution in [2.75, 3.05) is 6.54 Å². The molecule has 2 amide bonds. The first-order chi connectivity index (χ1) is 10.3. The van der Waals surface area contributed by atoms with Gasteiger partial charge in [-0.3, -0.25) is 0 Å². The van der Waals surface area contributed by atoms with Crippen molar-refractivity contribution >= 4 is 6.03 Å². The van der Waals surface area contributed by atoms with E-state index in [-0.39, 0.29) is 18.0 Å². The van der Waals surface area contributed by atoms with Crippen molar-refractivity contribution in [3.05, 3.63) is 35.4 Å². The lowest BCUT2D eigenvalue weighted by atomic mass is 9.89. The number of hydrogen-bond donors (Lipinski definition) is 2. The molecule has 0 saturated heterocycles. The van der Waals surface area contributed by atoms with Gasteiger partial charge in [0.05, 0.1) is 5.56 Å². The maximum Gasteiger partial charge on any atom is 0.416 e. The van der Waals surface area contributed by atoms with Crippen molar-refractivity contribution < 1.29 is 18.0 Å². The molecule has 1 aromatic rings. The monoisotopic (exact) mass is 314 g/mol. The average Bonchev–Trinajstić information content (AvgIpc) is 2.90. The van der Waals surface area contributed by atoms with Crippen LogP contribution in [0.25, 0.3) is 0 Å². The van der Waals surface area contributed by atoms with Gasteiger partial charge >= 0.3 is 12.2 Å². The van der Waals surface area contributed by atoms with Gasteiger partial charge in [0.1, 0.15) is 0 Å². The lowest BCUT2D eigenvalue weighted by molar-refractivity contribution is -0.137. The van der Waals surface area contributed by atoms with Crippen LogP contribution in [0.15, 0.2) is 24.3 Å². The van der Waals surface area contributed by atoms with Gasteiger partial charge in [-0.1, -0.05) is 31.9 Å². The molecule has 0 heterocycles. The second kappa shape index (κ2) is 6.58. The van der Waals surface area contributed by atoms with Crippen molar-refractivity contribution in [1.29, 1.82) is 0 Å². The summed E-state index contributed by atoms with van der Waals surface area (Å²) in [7, 11) is 0. The molecule has 3 nitrogen and oxygen atoms in total. The zero-order valence-corrected chi connectivity index (χ0v) is 12.6. The zero-order chi connectivity index (χ0) is 16.2. The van der Waals surface area contributed by atoms with Gasteiger partial charge in [-0.25, -0.2) is 4.79 Å². The Labute approximate surface area is 128 Å². The SMILES string of the molecule is CC1(CNC(=O)NCc2cccc(C(F)(F)F)c2)CCCC1. The van der Waals surface area contributed by atoms with E-state index in [9.17, 15) is 18.0 Å². The number of alkyl halides is 3. The number of amides is 2. The summed E-state index contributed by atoms with van der Waals surface area (Å²) in [5.41, 5.74) is -0.129. The van der Waals surface area contributed by atoms with E-state index in [1.165, 1.54) is 18.9 Å². The number of nitrogens with one attached hydrogen (secondary N) is 2. The maximum absolute atomic E-state index is 12.6. The summed E-state index contributed by atoms with van der Waals surface area (Å²) in [6, 6.07) is 4.64. The fraction of sp³-hybridized carbons (Fsp3) is 0.562. The molecule has 2 rings (SSSR count). The first-order valence-corrected chi connectivity index (χ1v) is 7.46. The molecule has 0 atom stereocenters. The number of halogens is 3. The Hall–Kier alpha value is -1.72. The smallest absolute Gasteiger partial charge is 0.338 e. The van der Waals surface area contributed by atoms with Crippen LogP contribution in [0, 0.1) is 5.41 Å². The molecule has 6 heteroatoms. The zero-order valence-electron chi connectivity index (χ0n) is 12.6. The lowest BCUT2D eigenvalue weighted by Gasteiger charge is -2.23. The van der Waals surface area contributed by atoms with E-state index in [2.05, 4.69) is 17.6 Å². The molecule has 1 aliphatic rings. The van der Waals surface area contributed by atoms with E-state index in [0.717, 1.165) is 25.0 Å². The molecule has 22 heavy (non-hydrogen) atoms. The Balaban J connectivity index is 1.81. The second-order valence-corrected chi connectivity index (χ2v) is 6.25. The molecule has 0 aromatic heterocycles. The van der Waals surface area contributed by atoms with Gasteiger partial charge in [-0.15, -0.1) is 0 Å². The van der Waals surface area contributed by atoms with Gasteiger partial charge in [0.15, 0.2) is 0 Å². The maximum atomic E-state index is 12.6. The summed E-state index contributed by atoms with van der Waals surface area (Å²) in [5, 5.41) is 5.41.